The van der Waals surface area contributed by atoms with Crippen LogP contribution < -0.4 is 4.90 Å². The van der Waals surface area contributed by atoms with Gasteiger partial charge in [-0.25, -0.2) is 0 Å². The molecule has 2 aromatic heterocycles. The Balaban J connectivity index is 1.17. The molecule has 0 N–H and O–H groups in total. The van der Waals surface area contributed by atoms with Crippen molar-refractivity contribution in [1.29, 1.82) is 0 Å². The summed E-state index contributed by atoms with van der Waals surface area (Å²) in [6.07, 6.45) is 0. The van der Waals surface area contributed by atoms with Crippen LogP contribution in [-0.4, -0.2) is 0 Å². The Hall–Kier alpha value is -7.10. The minimum absolute atomic E-state index is 0.854. The summed E-state index contributed by atoms with van der Waals surface area (Å²) in [5.74, 6) is 0. The van der Waals surface area contributed by atoms with Gasteiger partial charge in [-0.2, -0.15) is 0 Å². The Bertz CT molecular complexity index is 3180. The van der Waals surface area contributed by atoms with Crippen molar-refractivity contribution in [3.63, 3.8) is 0 Å². The fourth-order valence-electron chi connectivity index (χ4n) is 8.20. The van der Waals surface area contributed by atoms with E-state index in [0.717, 1.165) is 72.1 Å². The first kappa shape index (κ1) is 29.6. The number of para-hydroxylation sites is 3. The zero-order valence-corrected chi connectivity index (χ0v) is 28.7. The molecule has 2 heterocycles. The summed E-state index contributed by atoms with van der Waals surface area (Å²) in [7, 11) is 0. The molecule has 11 rings (SSSR count). The lowest BCUT2D eigenvalue weighted by Gasteiger charge is -2.29. The van der Waals surface area contributed by atoms with E-state index in [1.54, 1.807) is 0 Å². The molecule has 3 nitrogen and oxygen atoms in total. The quantitative estimate of drug-likeness (QED) is 0.182. The largest absolute Gasteiger partial charge is 0.456 e. The molecule has 248 valence electrons. The van der Waals surface area contributed by atoms with E-state index in [1.807, 2.05) is 18.2 Å². The lowest BCUT2D eigenvalue weighted by atomic mass is 9.91. The van der Waals surface area contributed by atoms with Crippen LogP contribution in [-0.2, 0) is 0 Å². The molecule has 0 bridgehead atoms. The molecule has 0 aliphatic carbocycles. The highest BCUT2D eigenvalue weighted by atomic mass is 16.3. The number of rotatable bonds is 5. The number of fused-ring (bicyclic) bond motifs is 8. The van der Waals surface area contributed by atoms with Crippen molar-refractivity contribution in [3.05, 3.63) is 188 Å². The van der Waals surface area contributed by atoms with Crippen LogP contribution in [0.5, 0.6) is 0 Å². The molecule has 0 saturated carbocycles. The first-order valence-corrected chi connectivity index (χ1v) is 18.0. The maximum atomic E-state index is 6.72. The van der Waals surface area contributed by atoms with Crippen molar-refractivity contribution >= 4 is 82.5 Å². The fraction of sp³-hybridized carbons (Fsp3) is 0. The lowest BCUT2D eigenvalue weighted by Crippen LogP contribution is -2.12. The summed E-state index contributed by atoms with van der Waals surface area (Å²) >= 11 is 0. The van der Waals surface area contributed by atoms with E-state index >= 15 is 0 Å². The van der Waals surface area contributed by atoms with Crippen molar-refractivity contribution in [1.82, 2.24) is 0 Å². The molecule has 0 aliphatic rings. The first-order chi connectivity index (χ1) is 26.3. The Morgan fingerprint density at radius 1 is 0.340 bits per heavy atom. The van der Waals surface area contributed by atoms with E-state index in [9.17, 15) is 0 Å². The van der Waals surface area contributed by atoms with E-state index in [1.165, 1.54) is 32.7 Å². The summed E-state index contributed by atoms with van der Waals surface area (Å²) in [6.45, 7) is 0. The maximum absolute atomic E-state index is 6.72. The summed E-state index contributed by atoms with van der Waals surface area (Å²) < 4.78 is 12.9. The van der Waals surface area contributed by atoms with Gasteiger partial charge in [-0.15, -0.1) is 0 Å². The molecular formula is C50H31NO2. The van der Waals surface area contributed by atoms with Gasteiger partial charge in [-0.1, -0.05) is 140 Å². The molecule has 0 radical (unpaired) electrons. The maximum Gasteiger partial charge on any atom is 0.159 e. The van der Waals surface area contributed by atoms with Gasteiger partial charge in [0, 0.05) is 32.8 Å². The third kappa shape index (κ3) is 4.68. The summed E-state index contributed by atoms with van der Waals surface area (Å²) in [4.78, 5) is 2.38. The SMILES string of the molecule is c1ccc2c(-c3c(N(c4ccc(-c5ccc6oc7ccccc7c6c5)cc4)c4cccc5c4oc4ccccc45)ccc4ccccc34)cccc2c1. The molecule has 0 atom stereocenters. The monoisotopic (exact) mass is 677 g/mol. The molecule has 0 aliphatic heterocycles. The molecule has 0 spiro atoms. The first-order valence-electron chi connectivity index (χ1n) is 18.0. The summed E-state index contributed by atoms with van der Waals surface area (Å²) in [5.41, 5.74) is 11.3. The molecule has 0 saturated heterocycles. The molecule has 9 aromatic carbocycles. The van der Waals surface area contributed by atoms with Crippen molar-refractivity contribution < 1.29 is 8.83 Å². The second-order valence-electron chi connectivity index (χ2n) is 13.7. The molecule has 53 heavy (non-hydrogen) atoms. The Labute approximate surface area is 305 Å². The van der Waals surface area contributed by atoms with Gasteiger partial charge < -0.3 is 13.7 Å². The lowest BCUT2D eigenvalue weighted by molar-refractivity contribution is 0.668. The van der Waals surface area contributed by atoms with Gasteiger partial charge in [0.25, 0.3) is 0 Å². The molecule has 0 amide bonds. The van der Waals surface area contributed by atoms with E-state index in [2.05, 4.69) is 175 Å². The zero-order valence-electron chi connectivity index (χ0n) is 28.7. The van der Waals surface area contributed by atoms with Gasteiger partial charge >= 0.3 is 0 Å². The van der Waals surface area contributed by atoms with Crippen molar-refractivity contribution in [2.45, 2.75) is 0 Å². The van der Waals surface area contributed by atoms with Crippen molar-refractivity contribution in [2.75, 3.05) is 4.90 Å². The van der Waals surface area contributed by atoms with E-state index in [-0.39, 0.29) is 0 Å². The van der Waals surface area contributed by atoms with Gasteiger partial charge in [0.2, 0.25) is 0 Å². The standard InChI is InChI=1S/C50H31NO2/c1-3-14-37-33(11-1)13-9-18-41(37)49-38-15-4-2-12-34(38)25-29-44(49)51(45-20-10-19-42-39-16-5-8-22-47(39)53-50(42)45)36-27-23-32(24-28-36)35-26-30-48-43(31-35)40-17-6-7-21-46(40)52-48/h1-31H. The van der Waals surface area contributed by atoms with E-state index < -0.39 is 0 Å². The smallest absolute Gasteiger partial charge is 0.159 e. The van der Waals surface area contributed by atoms with Gasteiger partial charge in [0.1, 0.15) is 16.7 Å². The Morgan fingerprint density at radius 3 is 1.74 bits per heavy atom. The van der Waals surface area contributed by atoms with Crippen LogP contribution >= 0.6 is 0 Å². The molecule has 11 aromatic rings. The average molecular weight is 678 g/mol. The Morgan fingerprint density at radius 2 is 0.925 bits per heavy atom. The Kier molecular flexibility index (Phi) is 6.55. The van der Waals surface area contributed by atoms with Gasteiger partial charge in [-0.05, 0) is 86.8 Å². The third-order valence-corrected chi connectivity index (χ3v) is 10.7. The number of hydrogen-bond acceptors (Lipinski definition) is 3. The van der Waals surface area contributed by atoms with Crippen LogP contribution in [0.15, 0.2) is 197 Å². The van der Waals surface area contributed by atoms with Crippen LogP contribution in [0.25, 0.3) is 87.7 Å². The summed E-state index contributed by atoms with van der Waals surface area (Å²) in [5, 5.41) is 9.26. The fourth-order valence-corrected chi connectivity index (χ4v) is 8.20. The zero-order chi connectivity index (χ0) is 34.9. The van der Waals surface area contributed by atoms with Gasteiger partial charge in [0.15, 0.2) is 5.58 Å². The van der Waals surface area contributed by atoms with E-state index in [0.29, 0.717) is 0 Å². The molecule has 0 fully saturated rings. The highest BCUT2D eigenvalue weighted by Crippen LogP contribution is 2.49. The van der Waals surface area contributed by atoms with E-state index in [4.69, 9.17) is 8.83 Å². The highest BCUT2D eigenvalue weighted by molar-refractivity contribution is 6.15. The normalized spacial score (nSPS) is 11.8. The van der Waals surface area contributed by atoms with Crippen LogP contribution in [0.2, 0.25) is 0 Å². The van der Waals surface area contributed by atoms with Crippen LogP contribution in [0.3, 0.4) is 0 Å². The highest BCUT2D eigenvalue weighted by Gasteiger charge is 2.24. The second kappa shape index (κ2) is 11.7. The third-order valence-electron chi connectivity index (χ3n) is 10.7. The number of furan rings is 2. The predicted molar refractivity (Wildman–Crippen MR) is 222 cm³/mol. The van der Waals surface area contributed by atoms with Crippen LogP contribution in [0.4, 0.5) is 17.1 Å². The number of benzene rings is 9. The van der Waals surface area contributed by atoms with Crippen LogP contribution in [0.1, 0.15) is 0 Å². The van der Waals surface area contributed by atoms with Gasteiger partial charge in [0.05, 0.1) is 11.4 Å². The van der Waals surface area contributed by atoms with Crippen LogP contribution in [0, 0.1) is 0 Å². The number of nitrogens with zero attached hydrogens (tertiary/aromatic N) is 1. The van der Waals surface area contributed by atoms with Crippen molar-refractivity contribution in [2.24, 2.45) is 0 Å². The average Bonchev–Trinajstić information content (AvgIpc) is 3.80. The summed E-state index contributed by atoms with van der Waals surface area (Å²) in [6, 6.07) is 66.9. The number of hydrogen-bond donors (Lipinski definition) is 0. The molecule has 3 heteroatoms. The van der Waals surface area contributed by atoms with Gasteiger partial charge in [-0.3, -0.25) is 0 Å². The molecule has 0 unspecified atom stereocenters. The molecular weight excluding hydrogens is 647 g/mol. The topological polar surface area (TPSA) is 29.5 Å². The van der Waals surface area contributed by atoms with Crippen molar-refractivity contribution in [3.8, 4) is 22.3 Å². The minimum atomic E-state index is 0.854. The second-order valence-corrected chi connectivity index (χ2v) is 13.7. The minimum Gasteiger partial charge on any atom is -0.456 e. The number of anilines is 3. The predicted octanol–water partition coefficient (Wildman–Crippen LogP) is 14.6.